The highest BCUT2D eigenvalue weighted by molar-refractivity contribution is 5.94. The zero-order valence-electron chi connectivity index (χ0n) is 18.6. The fourth-order valence-corrected chi connectivity index (χ4v) is 2.71. The van der Waals surface area contributed by atoms with Gasteiger partial charge in [-0.15, -0.1) is 0 Å². The van der Waals surface area contributed by atoms with Gasteiger partial charge in [-0.25, -0.2) is 4.79 Å². The van der Waals surface area contributed by atoms with Crippen molar-refractivity contribution in [2.45, 2.75) is 69.1 Å². The molecule has 0 rings (SSSR count). The quantitative estimate of drug-likeness (QED) is 0.0853. The smallest absolute Gasteiger partial charge is 0.326 e. The molecular weight excluding hydrogens is 458 g/mol. The molecule has 11 N–H and O–H groups in total. The number of carbonyl (C=O) groups is 6. The van der Waals surface area contributed by atoms with Gasteiger partial charge in [-0.05, 0) is 38.6 Å². The first-order valence-electron chi connectivity index (χ1n) is 10.6. The second-order valence-electron chi connectivity index (χ2n) is 7.46. The standard InChI is InChI=1S/C19H33N5O10/c20-8-2-1-3-12(19(33)34)23-18(32)13(9-25)24-17(31)11(5-7-15(28)29)22-16(30)10(21)4-6-14(26)27/h10-13,25H,1-9,20-21H2,(H,22,30)(H,23,32)(H,24,31)(H,26,27)(H,28,29)(H,33,34). The lowest BCUT2D eigenvalue weighted by Crippen LogP contribution is -2.58. The van der Waals surface area contributed by atoms with E-state index in [0.717, 1.165) is 0 Å². The lowest BCUT2D eigenvalue weighted by atomic mass is 10.1. The Balaban J connectivity index is 5.24. The number of aliphatic carboxylic acids is 3. The molecule has 0 aliphatic rings. The average Bonchev–Trinajstić information content (AvgIpc) is 2.76. The molecule has 15 heteroatoms. The summed E-state index contributed by atoms with van der Waals surface area (Å²) in [4.78, 5) is 70.1. The number of carboxylic acid groups (broad SMARTS) is 3. The van der Waals surface area contributed by atoms with Crippen LogP contribution >= 0.6 is 0 Å². The Morgan fingerprint density at radius 2 is 1.18 bits per heavy atom. The molecule has 194 valence electrons. The maximum Gasteiger partial charge on any atom is 0.326 e. The number of aliphatic hydroxyl groups excluding tert-OH is 1. The lowest BCUT2D eigenvalue weighted by molar-refractivity contribution is -0.143. The van der Waals surface area contributed by atoms with Gasteiger partial charge in [0, 0.05) is 12.8 Å². The summed E-state index contributed by atoms with van der Waals surface area (Å²) < 4.78 is 0. The molecule has 0 aromatic rings. The molecule has 4 unspecified atom stereocenters. The van der Waals surface area contributed by atoms with E-state index in [4.69, 9.17) is 21.7 Å². The van der Waals surface area contributed by atoms with Gasteiger partial charge in [-0.2, -0.15) is 0 Å². The Hall–Kier alpha value is -3.30. The van der Waals surface area contributed by atoms with E-state index in [1.807, 2.05) is 0 Å². The number of nitrogens with one attached hydrogen (secondary N) is 3. The van der Waals surface area contributed by atoms with Gasteiger partial charge in [0.2, 0.25) is 17.7 Å². The lowest BCUT2D eigenvalue weighted by Gasteiger charge is -2.24. The van der Waals surface area contributed by atoms with E-state index in [-0.39, 0.29) is 12.8 Å². The Morgan fingerprint density at radius 3 is 1.68 bits per heavy atom. The van der Waals surface area contributed by atoms with E-state index in [1.165, 1.54) is 0 Å². The van der Waals surface area contributed by atoms with Crippen LogP contribution in [0.5, 0.6) is 0 Å². The van der Waals surface area contributed by atoms with Crippen molar-refractivity contribution in [2.75, 3.05) is 13.2 Å². The van der Waals surface area contributed by atoms with Crippen molar-refractivity contribution in [3.8, 4) is 0 Å². The summed E-state index contributed by atoms with van der Waals surface area (Å²) in [6.07, 6.45) is -0.582. The minimum Gasteiger partial charge on any atom is -0.481 e. The highest BCUT2D eigenvalue weighted by Crippen LogP contribution is 2.04. The molecule has 0 aromatic carbocycles. The summed E-state index contributed by atoms with van der Waals surface area (Å²) in [7, 11) is 0. The van der Waals surface area contributed by atoms with Gasteiger partial charge in [-0.3, -0.25) is 24.0 Å². The van der Waals surface area contributed by atoms with Crippen molar-refractivity contribution in [1.82, 2.24) is 16.0 Å². The molecule has 0 fully saturated rings. The number of hydrogen-bond acceptors (Lipinski definition) is 9. The van der Waals surface area contributed by atoms with Crippen LogP contribution in [-0.4, -0.2) is 93.4 Å². The third-order valence-electron chi connectivity index (χ3n) is 4.66. The second kappa shape index (κ2) is 16.3. The van der Waals surface area contributed by atoms with Gasteiger partial charge in [0.1, 0.15) is 18.1 Å². The molecule has 0 saturated heterocycles. The summed E-state index contributed by atoms with van der Waals surface area (Å²) in [5, 5.41) is 42.9. The van der Waals surface area contributed by atoms with Crippen LogP contribution in [0.25, 0.3) is 0 Å². The molecule has 15 nitrogen and oxygen atoms in total. The molecular formula is C19H33N5O10. The predicted octanol–water partition coefficient (Wildman–Crippen LogP) is -3.30. The van der Waals surface area contributed by atoms with Crippen molar-refractivity contribution in [1.29, 1.82) is 0 Å². The normalized spacial score (nSPS) is 14.2. The van der Waals surface area contributed by atoms with Crippen molar-refractivity contribution < 1.29 is 49.2 Å². The number of nitrogens with two attached hydrogens (primary N) is 2. The fraction of sp³-hybridized carbons (Fsp3) is 0.684. The zero-order chi connectivity index (χ0) is 26.3. The van der Waals surface area contributed by atoms with Crippen LogP contribution < -0.4 is 27.4 Å². The van der Waals surface area contributed by atoms with Gasteiger partial charge in [0.25, 0.3) is 0 Å². The third-order valence-corrected chi connectivity index (χ3v) is 4.66. The van der Waals surface area contributed by atoms with Crippen molar-refractivity contribution in [3.63, 3.8) is 0 Å². The van der Waals surface area contributed by atoms with Crippen LogP contribution in [0.3, 0.4) is 0 Å². The largest absolute Gasteiger partial charge is 0.481 e. The Kier molecular flexibility index (Phi) is 14.7. The first-order valence-corrected chi connectivity index (χ1v) is 10.6. The van der Waals surface area contributed by atoms with Gasteiger partial charge in [0.15, 0.2) is 0 Å². The van der Waals surface area contributed by atoms with Crippen LogP contribution in [0, 0.1) is 0 Å². The van der Waals surface area contributed by atoms with Gasteiger partial charge >= 0.3 is 17.9 Å². The molecule has 0 aliphatic carbocycles. The second-order valence-corrected chi connectivity index (χ2v) is 7.46. The highest BCUT2D eigenvalue weighted by atomic mass is 16.4. The van der Waals surface area contributed by atoms with E-state index >= 15 is 0 Å². The first kappa shape index (κ1) is 30.7. The molecule has 0 aliphatic heterocycles. The Labute approximate surface area is 195 Å². The summed E-state index contributed by atoms with van der Waals surface area (Å²) in [6.45, 7) is -0.580. The van der Waals surface area contributed by atoms with E-state index < -0.39 is 85.7 Å². The molecule has 0 heterocycles. The number of unbranched alkanes of at least 4 members (excludes halogenated alkanes) is 1. The van der Waals surface area contributed by atoms with E-state index in [0.29, 0.717) is 19.4 Å². The van der Waals surface area contributed by atoms with E-state index in [9.17, 15) is 39.0 Å². The summed E-state index contributed by atoms with van der Waals surface area (Å²) in [6, 6.07) is -5.65. The molecule has 4 atom stereocenters. The van der Waals surface area contributed by atoms with Crippen LogP contribution in [0.2, 0.25) is 0 Å². The Bertz CT molecular complexity index is 732. The van der Waals surface area contributed by atoms with E-state index in [2.05, 4.69) is 16.0 Å². The SMILES string of the molecule is NCCCCC(NC(=O)C(CO)NC(=O)C(CCC(=O)O)NC(=O)C(N)CCC(=O)O)C(=O)O. The fourth-order valence-electron chi connectivity index (χ4n) is 2.71. The van der Waals surface area contributed by atoms with Crippen molar-refractivity contribution in [2.24, 2.45) is 11.5 Å². The molecule has 34 heavy (non-hydrogen) atoms. The topological polar surface area (TPSA) is 271 Å². The molecule has 0 spiro atoms. The maximum absolute atomic E-state index is 12.6. The highest BCUT2D eigenvalue weighted by Gasteiger charge is 2.30. The maximum atomic E-state index is 12.6. The van der Waals surface area contributed by atoms with Crippen molar-refractivity contribution >= 4 is 35.6 Å². The van der Waals surface area contributed by atoms with Gasteiger partial charge in [0.05, 0.1) is 12.6 Å². The summed E-state index contributed by atoms with van der Waals surface area (Å²) in [5.74, 6) is -6.73. The first-order chi connectivity index (χ1) is 15.9. The van der Waals surface area contributed by atoms with Gasteiger partial charge in [-0.1, -0.05) is 0 Å². The number of carbonyl (C=O) groups excluding carboxylic acids is 3. The monoisotopic (exact) mass is 491 g/mol. The summed E-state index contributed by atoms with van der Waals surface area (Å²) >= 11 is 0. The number of hydrogen-bond donors (Lipinski definition) is 9. The van der Waals surface area contributed by atoms with E-state index in [1.54, 1.807) is 0 Å². The molecule has 0 bridgehead atoms. The number of amides is 3. The number of carboxylic acids is 3. The van der Waals surface area contributed by atoms with Crippen LogP contribution in [0.4, 0.5) is 0 Å². The number of rotatable bonds is 18. The third kappa shape index (κ3) is 12.7. The van der Waals surface area contributed by atoms with Gasteiger partial charge < -0.3 is 47.8 Å². The van der Waals surface area contributed by atoms with Crippen molar-refractivity contribution in [3.05, 3.63) is 0 Å². The van der Waals surface area contributed by atoms with Crippen LogP contribution in [-0.2, 0) is 28.8 Å². The molecule has 0 saturated carbocycles. The Morgan fingerprint density at radius 1 is 0.676 bits per heavy atom. The minimum absolute atomic E-state index is 0.0654. The van der Waals surface area contributed by atoms with Crippen LogP contribution in [0.1, 0.15) is 44.9 Å². The minimum atomic E-state index is -1.59. The predicted molar refractivity (Wildman–Crippen MR) is 115 cm³/mol. The average molecular weight is 491 g/mol. The zero-order valence-corrected chi connectivity index (χ0v) is 18.6. The molecule has 0 radical (unpaired) electrons. The number of aliphatic hydroxyl groups is 1. The molecule has 3 amide bonds. The van der Waals surface area contributed by atoms with Crippen LogP contribution in [0.15, 0.2) is 0 Å². The molecule has 0 aromatic heterocycles. The summed E-state index contributed by atoms with van der Waals surface area (Å²) in [5.41, 5.74) is 10.9.